The molecule has 13 heavy (non-hydrogen) atoms. The molecule has 0 saturated carbocycles. The van der Waals surface area contributed by atoms with Gasteiger partial charge in [0.15, 0.2) is 0 Å². The van der Waals surface area contributed by atoms with Gasteiger partial charge in [-0.05, 0) is 12.1 Å². The number of hydrogen-bond donors (Lipinski definition) is 2. The molecule has 0 unspecified atom stereocenters. The number of aromatic carboxylic acids is 1. The van der Waals surface area contributed by atoms with Crippen LogP contribution in [0.15, 0.2) is 17.0 Å². The van der Waals surface area contributed by atoms with Crippen molar-refractivity contribution in [2.75, 3.05) is 0 Å². The summed E-state index contributed by atoms with van der Waals surface area (Å²) >= 11 is 9.59. The molecule has 0 aliphatic heterocycles. The molecule has 1 aromatic carbocycles. The number of nitriles is 1. The maximum Gasteiger partial charge on any atom is 0.337 e. The van der Waals surface area contributed by atoms with Crippen LogP contribution in [0.4, 0.5) is 0 Å². The van der Waals surface area contributed by atoms with Crippen LogP contribution in [0, 0.1) is 11.3 Å². The number of hydrogen-bond acceptors (Lipinski definition) is 3. The number of carboxylic acids is 1. The number of thiol groups is 1. The van der Waals surface area contributed by atoms with Gasteiger partial charge in [0.2, 0.25) is 0 Å². The Kier molecular flexibility index (Phi) is 2.81. The summed E-state index contributed by atoms with van der Waals surface area (Å²) in [7, 11) is 0. The van der Waals surface area contributed by atoms with E-state index < -0.39 is 5.97 Å². The third-order valence-electron chi connectivity index (χ3n) is 1.41. The van der Waals surface area contributed by atoms with Crippen LogP contribution in [0.5, 0.6) is 0 Å². The molecule has 0 atom stereocenters. The molecule has 0 heterocycles. The Hall–Kier alpha value is -1.18. The van der Waals surface area contributed by atoms with Crippen LogP contribution in [0.1, 0.15) is 15.9 Å². The Labute approximate surface area is 85.0 Å². The first-order chi connectivity index (χ1) is 6.06. The topological polar surface area (TPSA) is 61.1 Å². The monoisotopic (exact) mass is 213 g/mol. The van der Waals surface area contributed by atoms with Crippen molar-refractivity contribution >= 4 is 30.2 Å². The minimum absolute atomic E-state index is 0.0508. The van der Waals surface area contributed by atoms with Crippen LogP contribution in [0.3, 0.4) is 0 Å². The number of halogens is 1. The Balaban J connectivity index is 3.44. The molecule has 0 aromatic heterocycles. The van der Waals surface area contributed by atoms with Gasteiger partial charge in [-0.2, -0.15) is 5.26 Å². The number of carbonyl (C=O) groups is 1. The van der Waals surface area contributed by atoms with Crippen LogP contribution in [0.25, 0.3) is 0 Å². The molecule has 0 saturated heterocycles. The SMILES string of the molecule is N#Cc1cc(S)c(Cl)c(C(=O)O)c1. The van der Waals surface area contributed by atoms with Gasteiger partial charge in [-0.3, -0.25) is 0 Å². The lowest BCUT2D eigenvalue weighted by atomic mass is 10.1. The van der Waals surface area contributed by atoms with E-state index in [1.165, 1.54) is 12.1 Å². The lowest BCUT2D eigenvalue weighted by molar-refractivity contribution is 0.0697. The van der Waals surface area contributed by atoms with Crippen molar-refractivity contribution < 1.29 is 9.90 Å². The summed E-state index contributed by atoms with van der Waals surface area (Å²) in [5.74, 6) is -1.17. The highest BCUT2D eigenvalue weighted by atomic mass is 35.5. The third kappa shape index (κ3) is 1.94. The summed E-state index contributed by atoms with van der Waals surface area (Å²) < 4.78 is 0. The van der Waals surface area contributed by atoms with Gasteiger partial charge in [0.25, 0.3) is 0 Å². The van der Waals surface area contributed by atoms with Crippen molar-refractivity contribution in [3.05, 3.63) is 28.3 Å². The number of rotatable bonds is 1. The maximum atomic E-state index is 10.6. The van der Waals surface area contributed by atoms with Crippen molar-refractivity contribution in [3.8, 4) is 6.07 Å². The van der Waals surface area contributed by atoms with Gasteiger partial charge in [0.1, 0.15) is 0 Å². The quantitative estimate of drug-likeness (QED) is 0.703. The fourth-order valence-electron chi connectivity index (χ4n) is 0.829. The molecule has 5 heteroatoms. The molecule has 1 aromatic rings. The molecule has 0 bridgehead atoms. The molecule has 0 spiro atoms. The Morgan fingerprint density at radius 2 is 2.23 bits per heavy atom. The molecule has 0 fully saturated rings. The summed E-state index contributed by atoms with van der Waals surface area (Å²) in [4.78, 5) is 10.9. The average molecular weight is 214 g/mol. The van der Waals surface area contributed by atoms with E-state index in [0.29, 0.717) is 0 Å². The molecule has 1 N–H and O–H groups in total. The summed E-state index contributed by atoms with van der Waals surface area (Å²) in [5, 5.41) is 17.3. The Bertz CT molecular complexity index is 411. The predicted octanol–water partition coefficient (Wildman–Crippen LogP) is 2.20. The molecular weight excluding hydrogens is 210 g/mol. The fraction of sp³-hybridized carbons (Fsp3) is 0. The number of nitrogens with zero attached hydrogens (tertiary/aromatic N) is 1. The summed E-state index contributed by atoms with van der Waals surface area (Å²) in [5.41, 5.74) is 0.123. The minimum atomic E-state index is -1.17. The zero-order valence-corrected chi connectivity index (χ0v) is 7.93. The zero-order chi connectivity index (χ0) is 10.0. The van der Waals surface area contributed by atoms with E-state index in [1.807, 2.05) is 6.07 Å². The van der Waals surface area contributed by atoms with E-state index in [9.17, 15) is 4.79 Å². The Morgan fingerprint density at radius 1 is 1.62 bits per heavy atom. The lowest BCUT2D eigenvalue weighted by Crippen LogP contribution is -1.98. The summed E-state index contributed by atoms with van der Waals surface area (Å²) in [6.07, 6.45) is 0. The van der Waals surface area contributed by atoms with Crippen molar-refractivity contribution in [2.24, 2.45) is 0 Å². The van der Waals surface area contributed by atoms with Crippen LogP contribution in [-0.2, 0) is 0 Å². The molecule has 0 amide bonds. The number of carboxylic acid groups (broad SMARTS) is 1. The highest BCUT2D eigenvalue weighted by molar-refractivity contribution is 7.80. The highest BCUT2D eigenvalue weighted by Gasteiger charge is 2.12. The van der Waals surface area contributed by atoms with Gasteiger partial charge in [-0.25, -0.2) is 4.79 Å². The van der Waals surface area contributed by atoms with E-state index in [-0.39, 0.29) is 21.0 Å². The molecule has 0 aliphatic carbocycles. The lowest BCUT2D eigenvalue weighted by Gasteiger charge is -2.01. The maximum absolute atomic E-state index is 10.6. The Morgan fingerprint density at radius 3 is 2.69 bits per heavy atom. The predicted molar refractivity (Wildman–Crippen MR) is 50.4 cm³/mol. The molecule has 1 rings (SSSR count). The molecule has 3 nitrogen and oxygen atoms in total. The van der Waals surface area contributed by atoms with Crippen molar-refractivity contribution in [1.82, 2.24) is 0 Å². The minimum Gasteiger partial charge on any atom is -0.478 e. The van der Waals surface area contributed by atoms with Crippen LogP contribution in [-0.4, -0.2) is 11.1 Å². The van der Waals surface area contributed by atoms with E-state index in [1.54, 1.807) is 0 Å². The van der Waals surface area contributed by atoms with E-state index in [2.05, 4.69) is 12.6 Å². The first kappa shape index (κ1) is 9.90. The van der Waals surface area contributed by atoms with Crippen molar-refractivity contribution in [2.45, 2.75) is 4.90 Å². The normalized spacial score (nSPS) is 9.31. The summed E-state index contributed by atoms with van der Waals surface area (Å²) in [6, 6.07) is 4.45. The van der Waals surface area contributed by atoms with Crippen LogP contribution in [0.2, 0.25) is 5.02 Å². The van der Waals surface area contributed by atoms with Crippen molar-refractivity contribution in [1.29, 1.82) is 5.26 Å². The average Bonchev–Trinajstić information content (AvgIpc) is 2.09. The summed E-state index contributed by atoms with van der Waals surface area (Å²) in [6.45, 7) is 0. The smallest absolute Gasteiger partial charge is 0.337 e. The van der Waals surface area contributed by atoms with Crippen LogP contribution >= 0.6 is 24.2 Å². The van der Waals surface area contributed by atoms with E-state index in [0.717, 1.165) is 0 Å². The third-order valence-corrected chi connectivity index (χ3v) is 2.30. The van der Waals surface area contributed by atoms with Crippen LogP contribution < -0.4 is 0 Å². The zero-order valence-electron chi connectivity index (χ0n) is 6.28. The first-order valence-corrected chi connectivity index (χ1v) is 4.04. The van der Waals surface area contributed by atoms with E-state index in [4.69, 9.17) is 22.0 Å². The van der Waals surface area contributed by atoms with Gasteiger partial charge in [0, 0.05) is 4.90 Å². The van der Waals surface area contributed by atoms with Crippen molar-refractivity contribution in [3.63, 3.8) is 0 Å². The molecular formula is C8H4ClNO2S. The highest BCUT2D eigenvalue weighted by Crippen LogP contribution is 2.25. The number of benzene rings is 1. The van der Waals surface area contributed by atoms with Gasteiger partial charge >= 0.3 is 5.97 Å². The molecule has 66 valence electrons. The largest absolute Gasteiger partial charge is 0.478 e. The van der Waals surface area contributed by atoms with Gasteiger partial charge < -0.3 is 5.11 Å². The second kappa shape index (κ2) is 3.69. The fourth-order valence-corrected chi connectivity index (χ4v) is 1.28. The first-order valence-electron chi connectivity index (χ1n) is 3.22. The molecule has 0 aliphatic rings. The standard InChI is InChI=1S/C8H4ClNO2S/c9-7-5(8(11)12)1-4(3-10)2-6(7)13/h1-2,13H,(H,11,12). The second-order valence-electron chi connectivity index (χ2n) is 2.27. The van der Waals surface area contributed by atoms with Gasteiger partial charge in [0.05, 0.1) is 22.2 Å². The van der Waals surface area contributed by atoms with Gasteiger partial charge in [-0.1, -0.05) is 11.6 Å². The van der Waals surface area contributed by atoms with E-state index >= 15 is 0 Å². The van der Waals surface area contributed by atoms with Gasteiger partial charge in [-0.15, -0.1) is 12.6 Å². The molecule has 0 radical (unpaired) electrons. The second-order valence-corrected chi connectivity index (χ2v) is 3.13.